The molecule has 5 heteroatoms. The fourth-order valence-corrected chi connectivity index (χ4v) is 1.90. The first-order valence-corrected chi connectivity index (χ1v) is 6.23. The van der Waals surface area contributed by atoms with Crippen molar-refractivity contribution < 1.29 is 5.11 Å². The van der Waals surface area contributed by atoms with Gasteiger partial charge in [-0.2, -0.15) is 5.10 Å². The van der Waals surface area contributed by atoms with Gasteiger partial charge in [0, 0.05) is 25.7 Å². The Morgan fingerprint density at radius 1 is 1.47 bits per heavy atom. The summed E-state index contributed by atoms with van der Waals surface area (Å²) >= 11 is 0. The van der Waals surface area contributed by atoms with E-state index in [0.717, 1.165) is 36.7 Å². The molecule has 17 heavy (non-hydrogen) atoms. The Morgan fingerprint density at radius 2 is 2.12 bits per heavy atom. The molecular weight excluding hydrogens is 216 g/mol. The lowest BCUT2D eigenvalue weighted by Gasteiger charge is -2.25. The third kappa shape index (κ3) is 2.91. The zero-order valence-electron chi connectivity index (χ0n) is 11.3. The SMILES string of the molecule is CCN(CCCO)c1c(N)c(C)nn1C(C)C. The average Bonchev–Trinajstić information content (AvgIpc) is 2.58. The highest BCUT2D eigenvalue weighted by molar-refractivity contribution is 5.66. The summed E-state index contributed by atoms with van der Waals surface area (Å²) in [5.41, 5.74) is 7.72. The van der Waals surface area contributed by atoms with Gasteiger partial charge in [0.2, 0.25) is 0 Å². The van der Waals surface area contributed by atoms with E-state index >= 15 is 0 Å². The van der Waals surface area contributed by atoms with Crippen LogP contribution < -0.4 is 10.6 Å². The van der Waals surface area contributed by atoms with Crippen LogP contribution >= 0.6 is 0 Å². The standard InChI is InChI=1S/C12H24N4O/c1-5-15(7-6-8-17)12-11(13)10(4)14-16(12)9(2)3/h9,17H,5-8,13H2,1-4H3. The van der Waals surface area contributed by atoms with Gasteiger partial charge in [-0.3, -0.25) is 0 Å². The summed E-state index contributed by atoms with van der Waals surface area (Å²) in [6, 6.07) is 0.282. The molecule has 0 atom stereocenters. The molecule has 1 heterocycles. The summed E-state index contributed by atoms with van der Waals surface area (Å²) in [7, 11) is 0. The van der Waals surface area contributed by atoms with Crippen molar-refractivity contribution in [2.75, 3.05) is 30.3 Å². The Bertz CT molecular complexity index is 360. The van der Waals surface area contributed by atoms with Gasteiger partial charge in [-0.05, 0) is 34.1 Å². The highest BCUT2D eigenvalue weighted by atomic mass is 16.3. The van der Waals surface area contributed by atoms with Crippen LogP contribution in [0.15, 0.2) is 0 Å². The molecule has 0 aliphatic heterocycles. The van der Waals surface area contributed by atoms with Crippen LogP contribution in [0, 0.1) is 6.92 Å². The van der Waals surface area contributed by atoms with Crippen LogP contribution in [0.25, 0.3) is 0 Å². The molecule has 0 saturated heterocycles. The molecule has 0 fully saturated rings. The lowest BCUT2D eigenvalue weighted by atomic mass is 10.3. The lowest BCUT2D eigenvalue weighted by Crippen LogP contribution is -2.28. The molecule has 0 unspecified atom stereocenters. The minimum Gasteiger partial charge on any atom is -0.396 e. The van der Waals surface area contributed by atoms with E-state index in [9.17, 15) is 0 Å². The van der Waals surface area contributed by atoms with E-state index in [4.69, 9.17) is 10.8 Å². The van der Waals surface area contributed by atoms with Crippen LogP contribution in [-0.2, 0) is 0 Å². The average molecular weight is 240 g/mol. The number of aromatic nitrogens is 2. The minimum absolute atomic E-state index is 0.200. The molecule has 0 spiro atoms. The number of nitrogens with two attached hydrogens (primary N) is 1. The van der Waals surface area contributed by atoms with Crippen LogP contribution in [-0.4, -0.2) is 34.6 Å². The van der Waals surface area contributed by atoms with E-state index < -0.39 is 0 Å². The maximum atomic E-state index is 8.93. The maximum absolute atomic E-state index is 8.93. The minimum atomic E-state index is 0.200. The van der Waals surface area contributed by atoms with Crippen molar-refractivity contribution in [1.82, 2.24) is 9.78 Å². The van der Waals surface area contributed by atoms with Crippen LogP contribution in [0.4, 0.5) is 11.5 Å². The van der Waals surface area contributed by atoms with E-state index in [1.807, 2.05) is 11.6 Å². The van der Waals surface area contributed by atoms with Crippen molar-refractivity contribution in [1.29, 1.82) is 0 Å². The van der Waals surface area contributed by atoms with Gasteiger partial charge < -0.3 is 15.7 Å². The molecule has 0 radical (unpaired) electrons. The number of hydrogen-bond donors (Lipinski definition) is 2. The predicted octanol–water partition coefficient (Wildman–Crippen LogP) is 1.56. The van der Waals surface area contributed by atoms with Gasteiger partial charge in [-0.1, -0.05) is 0 Å². The number of anilines is 2. The topological polar surface area (TPSA) is 67.3 Å². The number of nitrogens with zero attached hydrogens (tertiary/aromatic N) is 3. The first kappa shape index (κ1) is 13.8. The highest BCUT2D eigenvalue weighted by Gasteiger charge is 2.19. The van der Waals surface area contributed by atoms with Crippen LogP contribution in [0.1, 0.15) is 38.9 Å². The maximum Gasteiger partial charge on any atom is 0.150 e. The van der Waals surface area contributed by atoms with Gasteiger partial charge in [0.25, 0.3) is 0 Å². The molecule has 0 aliphatic rings. The summed E-state index contributed by atoms with van der Waals surface area (Å²) in [6.45, 7) is 10.1. The number of aryl methyl sites for hydroxylation is 1. The van der Waals surface area contributed by atoms with Gasteiger partial charge in [0.1, 0.15) is 0 Å². The van der Waals surface area contributed by atoms with Gasteiger partial charge in [0.15, 0.2) is 5.82 Å². The molecule has 3 N–H and O–H groups in total. The smallest absolute Gasteiger partial charge is 0.150 e. The zero-order valence-corrected chi connectivity index (χ0v) is 11.3. The van der Waals surface area contributed by atoms with Crippen molar-refractivity contribution in [2.24, 2.45) is 0 Å². The second-order valence-corrected chi connectivity index (χ2v) is 4.52. The zero-order chi connectivity index (χ0) is 13.0. The molecule has 0 aromatic carbocycles. The molecule has 1 rings (SSSR count). The number of aliphatic hydroxyl groups is 1. The lowest BCUT2D eigenvalue weighted by molar-refractivity contribution is 0.289. The summed E-state index contributed by atoms with van der Waals surface area (Å²) in [5.74, 6) is 0.980. The Hall–Kier alpha value is -1.23. The van der Waals surface area contributed by atoms with Gasteiger partial charge >= 0.3 is 0 Å². The van der Waals surface area contributed by atoms with Crippen molar-refractivity contribution in [2.45, 2.75) is 40.2 Å². The van der Waals surface area contributed by atoms with E-state index in [0.29, 0.717) is 0 Å². The molecule has 1 aromatic heterocycles. The third-order valence-electron chi connectivity index (χ3n) is 2.86. The second kappa shape index (κ2) is 5.91. The number of rotatable bonds is 6. The van der Waals surface area contributed by atoms with Gasteiger partial charge in [-0.25, -0.2) is 4.68 Å². The fourth-order valence-electron chi connectivity index (χ4n) is 1.90. The summed E-state index contributed by atoms with van der Waals surface area (Å²) in [6.07, 6.45) is 0.746. The van der Waals surface area contributed by atoms with E-state index in [-0.39, 0.29) is 12.6 Å². The monoisotopic (exact) mass is 240 g/mol. The Labute approximate surface area is 103 Å². The molecule has 0 bridgehead atoms. The predicted molar refractivity (Wildman–Crippen MR) is 71.4 cm³/mol. The summed E-state index contributed by atoms with van der Waals surface area (Å²) < 4.78 is 1.96. The summed E-state index contributed by atoms with van der Waals surface area (Å²) in [5, 5.41) is 13.4. The molecule has 0 amide bonds. The Morgan fingerprint density at radius 3 is 2.59 bits per heavy atom. The van der Waals surface area contributed by atoms with Crippen LogP contribution in [0.2, 0.25) is 0 Å². The first-order valence-electron chi connectivity index (χ1n) is 6.23. The van der Waals surface area contributed by atoms with E-state index in [1.54, 1.807) is 0 Å². The highest BCUT2D eigenvalue weighted by Crippen LogP contribution is 2.29. The molecule has 5 nitrogen and oxygen atoms in total. The third-order valence-corrected chi connectivity index (χ3v) is 2.86. The van der Waals surface area contributed by atoms with Gasteiger partial charge in [0.05, 0.1) is 11.4 Å². The molecule has 98 valence electrons. The van der Waals surface area contributed by atoms with Crippen molar-refractivity contribution in [3.05, 3.63) is 5.69 Å². The first-order chi connectivity index (χ1) is 8.02. The number of hydrogen-bond acceptors (Lipinski definition) is 4. The van der Waals surface area contributed by atoms with E-state index in [1.165, 1.54) is 0 Å². The summed E-state index contributed by atoms with van der Waals surface area (Å²) in [4.78, 5) is 2.17. The quantitative estimate of drug-likeness (QED) is 0.792. The molecule has 0 aliphatic carbocycles. The number of aliphatic hydroxyl groups excluding tert-OH is 1. The Balaban J connectivity index is 3.07. The normalized spacial score (nSPS) is 11.2. The molecular formula is C12H24N4O. The second-order valence-electron chi connectivity index (χ2n) is 4.52. The van der Waals surface area contributed by atoms with Crippen LogP contribution in [0.3, 0.4) is 0 Å². The van der Waals surface area contributed by atoms with Crippen molar-refractivity contribution in [3.8, 4) is 0 Å². The molecule has 0 saturated carbocycles. The van der Waals surface area contributed by atoms with E-state index in [2.05, 4.69) is 30.8 Å². The largest absolute Gasteiger partial charge is 0.396 e. The fraction of sp³-hybridized carbons (Fsp3) is 0.750. The van der Waals surface area contributed by atoms with Crippen molar-refractivity contribution >= 4 is 11.5 Å². The van der Waals surface area contributed by atoms with Gasteiger partial charge in [-0.15, -0.1) is 0 Å². The molecule has 1 aromatic rings. The van der Waals surface area contributed by atoms with Crippen LogP contribution in [0.5, 0.6) is 0 Å². The van der Waals surface area contributed by atoms with Crippen molar-refractivity contribution in [3.63, 3.8) is 0 Å². The Kier molecular flexibility index (Phi) is 4.81. The number of nitrogen functional groups attached to an aromatic ring is 1.